The number of allylic oxidation sites excluding steroid dienone is 20. The van der Waals surface area contributed by atoms with Crippen molar-refractivity contribution in [3.63, 3.8) is 0 Å². The van der Waals surface area contributed by atoms with E-state index >= 15 is 0 Å². The highest BCUT2D eigenvalue weighted by molar-refractivity contribution is 5.71. The lowest BCUT2D eigenvalue weighted by Gasteiger charge is -2.18. The van der Waals surface area contributed by atoms with Gasteiger partial charge in [-0.1, -0.05) is 264 Å². The van der Waals surface area contributed by atoms with Gasteiger partial charge in [0.1, 0.15) is 13.2 Å². The predicted octanol–water partition coefficient (Wildman–Crippen LogP) is 20.0. The lowest BCUT2D eigenvalue weighted by Crippen LogP contribution is -2.30. The molecule has 0 aliphatic heterocycles. The maximum Gasteiger partial charge on any atom is 0.306 e. The lowest BCUT2D eigenvalue weighted by atomic mass is 10.0. The molecular weight excluding hydrogens is 889 g/mol. The van der Waals surface area contributed by atoms with Gasteiger partial charge in [-0.25, -0.2) is 0 Å². The molecule has 0 spiro atoms. The van der Waals surface area contributed by atoms with Crippen LogP contribution in [-0.4, -0.2) is 37.2 Å². The van der Waals surface area contributed by atoms with Gasteiger partial charge in [-0.2, -0.15) is 0 Å². The zero-order valence-corrected chi connectivity index (χ0v) is 46.7. The van der Waals surface area contributed by atoms with Crippen molar-refractivity contribution in [1.29, 1.82) is 0 Å². The van der Waals surface area contributed by atoms with Crippen LogP contribution in [0, 0.1) is 0 Å². The minimum Gasteiger partial charge on any atom is -0.462 e. The Hall–Kier alpha value is -4.19. The SMILES string of the molecule is CC/C=C\C/C=C\C/C=C\C/C=C\C/C=C\C/C=C\CCCCCCCCCCCCCCCCCCC(=O)OCC(COC(=O)CCCCCCCC)OC(=O)CC/C=C\C/C=C\C/C=C\C/C=C\CC. The van der Waals surface area contributed by atoms with Crippen LogP contribution in [0.5, 0.6) is 0 Å². The average Bonchev–Trinajstić information content (AvgIpc) is 3.38. The topological polar surface area (TPSA) is 78.9 Å². The van der Waals surface area contributed by atoms with Gasteiger partial charge in [0, 0.05) is 19.3 Å². The minimum atomic E-state index is -0.812. The van der Waals surface area contributed by atoms with E-state index in [0.29, 0.717) is 19.3 Å². The summed E-state index contributed by atoms with van der Waals surface area (Å²) in [4.78, 5) is 37.7. The maximum atomic E-state index is 12.7. The summed E-state index contributed by atoms with van der Waals surface area (Å²) >= 11 is 0. The zero-order chi connectivity index (χ0) is 52.2. The first-order valence-electron chi connectivity index (χ1n) is 29.5. The molecule has 72 heavy (non-hydrogen) atoms. The summed E-state index contributed by atoms with van der Waals surface area (Å²) in [5.41, 5.74) is 0. The second kappa shape index (κ2) is 59.4. The molecule has 0 saturated heterocycles. The molecule has 0 bridgehead atoms. The monoisotopic (exact) mass is 997 g/mol. The summed E-state index contributed by atoms with van der Waals surface area (Å²) in [6, 6.07) is 0. The highest BCUT2D eigenvalue weighted by atomic mass is 16.6. The number of unbranched alkanes of at least 4 members (excludes halogenated alkanes) is 21. The van der Waals surface area contributed by atoms with Gasteiger partial charge in [-0.15, -0.1) is 0 Å². The minimum absolute atomic E-state index is 0.106. The maximum absolute atomic E-state index is 12.7. The standard InChI is InChI=1S/C66H108O6/c1-4-7-10-13-16-18-20-22-23-24-25-26-27-28-29-30-31-32-33-34-35-36-37-38-39-40-41-42-43-45-46-48-50-53-56-59-65(68)71-62-63(61-70-64(67)58-55-52-15-12-9-6-3)72-66(69)60-57-54-51-49-47-44-21-19-17-14-11-8-5-2/h7-8,10-11,16-19,22-23,25-26,28-29,31-32,44,47,51,54,63H,4-6,9,12-15,20-21,24,27,30,33-43,45-46,48-50,52-53,55-62H2,1-3H3/b10-7-,11-8-,18-16-,19-17-,23-22-,26-25-,29-28-,32-31-,47-44-,54-51-. The van der Waals surface area contributed by atoms with E-state index in [1.807, 2.05) is 12.2 Å². The van der Waals surface area contributed by atoms with E-state index in [0.717, 1.165) is 103 Å². The van der Waals surface area contributed by atoms with Crippen LogP contribution < -0.4 is 0 Å². The molecule has 0 fully saturated rings. The van der Waals surface area contributed by atoms with Crippen LogP contribution in [0.3, 0.4) is 0 Å². The Morgan fingerprint density at radius 2 is 0.569 bits per heavy atom. The van der Waals surface area contributed by atoms with Crippen LogP contribution in [-0.2, 0) is 28.6 Å². The Kier molecular flexibility index (Phi) is 55.9. The Bertz CT molecular complexity index is 1520. The molecule has 0 amide bonds. The second-order valence-corrected chi connectivity index (χ2v) is 19.1. The van der Waals surface area contributed by atoms with Crippen LogP contribution in [0.1, 0.15) is 258 Å². The van der Waals surface area contributed by atoms with E-state index in [1.165, 1.54) is 109 Å². The highest BCUT2D eigenvalue weighted by Gasteiger charge is 2.19. The van der Waals surface area contributed by atoms with Gasteiger partial charge in [0.15, 0.2) is 6.10 Å². The molecule has 0 rings (SSSR count). The van der Waals surface area contributed by atoms with Gasteiger partial charge in [-0.3, -0.25) is 14.4 Å². The molecule has 0 aromatic heterocycles. The highest BCUT2D eigenvalue weighted by Crippen LogP contribution is 2.15. The Balaban J connectivity index is 4.00. The van der Waals surface area contributed by atoms with Gasteiger partial charge < -0.3 is 14.2 Å². The summed E-state index contributed by atoms with van der Waals surface area (Å²) in [5.74, 6) is -1.000. The fraction of sp³-hybridized carbons (Fsp3) is 0.652. The van der Waals surface area contributed by atoms with E-state index in [-0.39, 0.29) is 31.6 Å². The Morgan fingerprint density at radius 3 is 0.903 bits per heavy atom. The van der Waals surface area contributed by atoms with Crippen LogP contribution >= 0.6 is 0 Å². The first-order valence-corrected chi connectivity index (χ1v) is 29.5. The molecule has 0 saturated carbocycles. The van der Waals surface area contributed by atoms with Crippen molar-refractivity contribution in [2.45, 2.75) is 264 Å². The molecule has 0 N–H and O–H groups in total. The van der Waals surface area contributed by atoms with Gasteiger partial charge in [0.2, 0.25) is 0 Å². The summed E-state index contributed by atoms with van der Waals surface area (Å²) in [6.07, 6.45) is 82.7. The fourth-order valence-corrected chi connectivity index (χ4v) is 7.87. The normalized spacial score (nSPS) is 13.0. The van der Waals surface area contributed by atoms with Crippen molar-refractivity contribution in [1.82, 2.24) is 0 Å². The Morgan fingerprint density at radius 1 is 0.292 bits per heavy atom. The van der Waals surface area contributed by atoms with Crippen LogP contribution in [0.15, 0.2) is 122 Å². The number of carbonyl (C=O) groups excluding carboxylic acids is 3. The van der Waals surface area contributed by atoms with Crippen molar-refractivity contribution in [2.75, 3.05) is 13.2 Å². The van der Waals surface area contributed by atoms with E-state index < -0.39 is 12.1 Å². The van der Waals surface area contributed by atoms with Crippen molar-refractivity contribution >= 4 is 17.9 Å². The predicted molar refractivity (Wildman–Crippen MR) is 311 cm³/mol. The van der Waals surface area contributed by atoms with Crippen molar-refractivity contribution in [3.05, 3.63) is 122 Å². The number of hydrogen-bond donors (Lipinski definition) is 0. The molecule has 408 valence electrons. The molecule has 0 aromatic rings. The van der Waals surface area contributed by atoms with Gasteiger partial charge >= 0.3 is 17.9 Å². The fourth-order valence-electron chi connectivity index (χ4n) is 7.87. The number of esters is 3. The van der Waals surface area contributed by atoms with Crippen molar-refractivity contribution in [2.24, 2.45) is 0 Å². The largest absolute Gasteiger partial charge is 0.462 e. The molecule has 0 radical (unpaired) electrons. The Labute approximate surface area is 443 Å². The molecule has 6 heteroatoms. The first-order chi connectivity index (χ1) is 35.5. The molecular formula is C66H108O6. The summed E-state index contributed by atoms with van der Waals surface area (Å²) in [6.45, 7) is 6.28. The van der Waals surface area contributed by atoms with Crippen molar-refractivity contribution < 1.29 is 28.6 Å². The van der Waals surface area contributed by atoms with Crippen molar-refractivity contribution in [3.8, 4) is 0 Å². The zero-order valence-electron chi connectivity index (χ0n) is 46.7. The molecule has 6 nitrogen and oxygen atoms in total. The summed E-state index contributed by atoms with van der Waals surface area (Å²) in [7, 11) is 0. The third-order valence-corrected chi connectivity index (χ3v) is 12.2. The number of hydrogen-bond acceptors (Lipinski definition) is 6. The molecule has 0 aromatic carbocycles. The second-order valence-electron chi connectivity index (χ2n) is 19.1. The van der Waals surface area contributed by atoms with Gasteiger partial charge in [-0.05, 0) is 96.3 Å². The summed E-state index contributed by atoms with van der Waals surface area (Å²) in [5, 5.41) is 0. The van der Waals surface area contributed by atoms with E-state index in [9.17, 15) is 14.4 Å². The number of ether oxygens (including phenoxy) is 3. The van der Waals surface area contributed by atoms with E-state index in [1.54, 1.807) is 0 Å². The van der Waals surface area contributed by atoms with E-state index in [2.05, 4.69) is 130 Å². The number of rotatable bonds is 52. The van der Waals surface area contributed by atoms with Crippen LogP contribution in [0.4, 0.5) is 0 Å². The molecule has 0 heterocycles. The first kappa shape index (κ1) is 67.8. The summed E-state index contributed by atoms with van der Waals surface area (Å²) < 4.78 is 16.6. The third-order valence-electron chi connectivity index (χ3n) is 12.2. The quantitative estimate of drug-likeness (QED) is 0.0261. The van der Waals surface area contributed by atoms with E-state index in [4.69, 9.17) is 14.2 Å². The van der Waals surface area contributed by atoms with Gasteiger partial charge in [0.05, 0.1) is 0 Å². The molecule has 1 unspecified atom stereocenters. The smallest absolute Gasteiger partial charge is 0.306 e. The van der Waals surface area contributed by atoms with Crippen LogP contribution in [0.2, 0.25) is 0 Å². The molecule has 1 atom stereocenters. The average molecular weight is 998 g/mol. The third kappa shape index (κ3) is 56.7. The lowest BCUT2D eigenvalue weighted by molar-refractivity contribution is -0.166. The molecule has 0 aliphatic rings. The van der Waals surface area contributed by atoms with Crippen LogP contribution in [0.25, 0.3) is 0 Å². The molecule has 0 aliphatic carbocycles. The van der Waals surface area contributed by atoms with Gasteiger partial charge in [0.25, 0.3) is 0 Å². The number of carbonyl (C=O) groups is 3.